The molecule has 1 aliphatic rings. The minimum Gasteiger partial charge on any atom is -0.497 e. The van der Waals surface area contributed by atoms with Gasteiger partial charge in [-0.15, -0.1) is 0 Å². The first-order valence-electron chi connectivity index (χ1n) is 12.5. The van der Waals surface area contributed by atoms with Crippen molar-refractivity contribution in [3.8, 4) is 5.75 Å². The molecule has 1 aromatic carbocycles. The standard InChI is InChI=1S/C28H25BrN4O6S2/c1-13(2)38-25(36)22-15(4)31-28-33(23(22)16-7-6-8-17(10-16)37-5)24(35)20(40-28)12-18-11-19(29)26(39-18)41-27-30-14(3)9-21(34)32-27/h6-13,23H,1-5H3,(H,30,32,34)/b20-12-/t23-/m0/s1. The minimum absolute atomic E-state index is 0.262. The molecule has 212 valence electrons. The maximum Gasteiger partial charge on any atom is 0.338 e. The molecule has 10 nitrogen and oxygen atoms in total. The van der Waals surface area contributed by atoms with E-state index in [1.807, 2.05) is 6.07 Å². The largest absolute Gasteiger partial charge is 0.497 e. The van der Waals surface area contributed by atoms with Crippen molar-refractivity contribution >= 4 is 51.1 Å². The van der Waals surface area contributed by atoms with Gasteiger partial charge in [-0.3, -0.25) is 14.2 Å². The Balaban J connectivity index is 1.61. The number of H-pyrrole nitrogens is 1. The first-order chi connectivity index (χ1) is 19.5. The molecular formula is C28H25BrN4O6S2. The molecule has 0 spiro atoms. The Bertz CT molecular complexity index is 1940. The van der Waals surface area contributed by atoms with Gasteiger partial charge >= 0.3 is 5.97 Å². The van der Waals surface area contributed by atoms with Crippen LogP contribution in [-0.2, 0) is 9.53 Å². The van der Waals surface area contributed by atoms with E-state index < -0.39 is 12.0 Å². The molecule has 1 atom stereocenters. The summed E-state index contributed by atoms with van der Waals surface area (Å²) in [6.07, 6.45) is 1.27. The number of methoxy groups -OCH3 is 1. The van der Waals surface area contributed by atoms with Gasteiger partial charge < -0.3 is 18.9 Å². The summed E-state index contributed by atoms with van der Waals surface area (Å²) in [5, 5.41) is 0.840. The predicted molar refractivity (Wildman–Crippen MR) is 158 cm³/mol. The van der Waals surface area contributed by atoms with Gasteiger partial charge in [-0.2, -0.15) is 0 Å². The van der Waals surface area contributed by atoms with Crippen molar-refractivity contribution < 1.29 is 18.7 Å². The number of aryl methyl sites for hydroxylation is 1. The number of aromatic nitrogens is 3. The van der Waals surface area contributed by atoms with E-state index in [2.05, 4.69) is 30.9 Å². The normalized spacial score (nSPS) is 15.2. The Hall–Kier alpha value is -3.68. The first kappa shape index (κ1) is 28.8. The fourth-order valence-electron chi connectivity index (χ4n) is 4.31. The molecule has 1 N–H and O–H groups in total. The highest BCUT2D eigenvalue weighted by Gasteiger charge is 2.34. The average molecular weight is 658 g/mol. The number of halogens is 1. The topological polar surface area (TPSA) is 129 Å². The molecule has 13 heteroatoms. The summed E-state index contributed by atoms with van der Waals surface area (Å²) in [4.78, 5) is 51.0. The van der Waals surface area contributed by atoms with Crippen molar-refractivity contribution in [2.75, 3.05) is 7.11 Å². The van der Waals surface area contributed by atoms with Crippen LogP contribution in [0.1, 0.15) is 43.8 Å². The van der Waals surface area contributed by atoms with Gasteiger partial charge in [-0.1, -0.05) is 23.5 Å². The van der Waals surface area contributed by atoms with Crippen LogP contribution in [0, 0.1) is 6.92 Å². The summed E-state index contributed by atoms with van der Waals surface area (Å²) in [7, 11) is 1.56. The summed E-state index contributed by atoms with van der Waals surface area (Å²) in [6, 6.07) is 9.59. The SMILES string of the molecule is COc1cccc([C@H]2C(C(=O)OC(C)C)=C(C)N=c3s/c(=C\c4cc(Br)c(Sc5nc(C)cc(=O)[nH]5)o4)c(=O)n32)c1. The van der Waals surface area contributed by atoms with Crippen LogP contribution in [-0.4, -0.2) is 33.7 Å². The number of nitrogens with zero attached hydrogens (tertiary/aromatic N) is 3. The van der Waals surface area contributed by atoms with Crippen LogP contribution in [0.3, 0.4) is 0 Å². The third-order valence-electron chi connectivity index (χ3n) is 5.98. The van der Waals surface area contributed by atoms with Crippen LogP contribution in [0.15, 0.2) is 81.4 Å². The Kier molecular flexibility index (Phi) is 8.20. The van der Waals surface area contributed by atoms with Crippen LogP contribution in [0.25, 0.3) is 6.08 Å². The Morgan fingerprint density at radius 1 is 1.24 bits per heavy atom. The number of furan rings is 1. The van der Waals surface area contributed by atoms with Gasteiger partial charge in [-0.25, -0.2) is 14.8 Å². The molecule has 0 fully saturated rings. The lowest BCUT2D eigenvalue weighted by Gasteiger charge is -2.25. The molecule has 0 saturated heterocycles. The third kappa shape index (κ3) is 6.02. The van der Waals surface area contributed by atoms with Crippen LogP contribution >= 0.6 is 39.0 Å². The molecule has 0 radical (unpaired) electrons. The van der Waals surface area contributed by atoms with Crippen molar-refractivity contribution in [3.63, 3.8) is 0 Å². The number of esters is 1. The number of carbonyl (C=O) groups excluding carboxylic acids is 1. The van der Waals surface area contributed by atoms with Gasteiger partial charge in [0, 0.05) is 17.8 Å². The van der Waals surface area contributed by atoms with E-state index in [-0.39, 0.29) is 22.8 Å². The maximum atomic E-state index is 13.9. The zero-order valence-corrected chi connectivity index (χ0v) is 25.9. The predicted octanol–water partition coefficient (Wildman–Crippen LogP) is 4.09. The second-order valence-electron chi connectivity index (χ2n) is 9.39. The fourth-order valence-corrected chi connectivity index (χ4v) is 6.70. The lowest BCUT2D eigenvalue weighted by molar-refractivity contribution is -0.143. The number of aromatic amines is 1. The highest BCUT2D eigenvalue weighted by atomic mass is 79.9. The quantitative estimate of drug-likeness (QED) is 0.233. The smallest absolute Gasteiger partial charge is 0.338 e. The number of benzene rings is 1. The van der Waals surface area contributed by atoms with Crippen LogP contribution < -0.4 is 25.2 Å². The maximum absolute atomic E-state index is 13.9. The second kappa shape index (κ2) is 11.7. The summed E-state index contributed by atoms with van der Waals surface area (Å²) in [5.74, 6) is 0.460. The molecular weight excluding hydrogens is 632 g/mol. The van der Waals surface area contributed by atoms with E-state index in [1.54, 1.807) is 65.1 Å². The van der Waals surface area contributed by atoms with Gasteiger partial charge in [-0.05, 0) is 79.1 Å². The number of rotatable bonds is 7. The van der Waals surface area contributed by atoms with E-state index in [9.17, 15) is 14.4 Å². The third-order valence-corrected chi connectivity index (χ3v) is 8.69. The lowest BCUT2D eigenvalue weighted by Crippen LogP contribution is -2.40. The summed E-state index contributed by atoms with van der Waals surface area (Å²) in [5.41, 5.74) is 1.41. The first-order valence-corrected chi connectivity index (χ1v) is 14.9. The average Bonchev–Trinajstić information content (AvgIpc) is 3.39. The molecule has 0 amide bonds. The van der Waals surface area contributed by atoms with Crippen LogP contribution in [0.5, 0.6) is 5.75 Å². The van der Waals surface area contributed by atoms with Gasteiger partial charge in [0.2, 0.25) is 0 Å². The van der Waals surface area contributed by atoms with Crippen molar-refractivity contribution in [2.24, 2.45) is 4.99 Å². The molecule has 0 saturated carbocycles. The fraction of sp³-hybridized carbons (Fsp3) is 0.250. The highest BCUT2D eigenvalue weighted by Crippen LogP contribution is 2.35. The van der Waals surface area contributed by atoms with Gasteiger partial charge in [0.25, 0.3) is 11.1 Å². The van der Waals surface area contributed by atoms with E-state index in [4.69, 9.17) is 13.9 Å². The van der Waals surface area contributed by atoms with Crippen molar-refractivity contribution in [1.82, 2.24) is 14.5 Å². The van der Waals surface area contributed by atoms with E-state index in [1.165, 1.54) is 22.0 Å². The number of carbonyl (C=O) groups is 1. The van der Waals surface area contributed by atoms with Crippen LogP contribution in [0.4, 0.5) is 0 Å². The molecule has 0 bridgehead atoms. The summed E-state index contributed by atoms with van der Waals surface area (Å²) >= 11 is 5.82. The van der Waals surface area contributed by atoms with Gasteiger partial charge in [0.05, 0.1) is 39.5 Å². The summed E-state index contributed by atoms with van der Waals surface area (Å²) < 4.78 is 19.4. The second-order valence-corrected chi connectivity index (χ2v) is 12.2. The number of ether oxygens (including phenoxy) is 2. The minimum atomic E-state index is -0.770. The molecule has 4 aromatic rings. The van der Waals surface area contributed by atoms with Crippen LogP contribution in [0.2, 0.25) is 0 Å². The zero-order chi connectivity index (χ0) is 29.4. The number of nitrogens with one attached hydrogen (secondary N) is 1. The number of hydrogen-bond acceptors (Lipinski definition) is 10. The van der Waals surface area contributed by atoms with Crippen molar-refractivity contribution in [3.05, 3.63) is 99.2 Å². The highest BCUT2D eigenvalue weighted by molar-refractivity contribution is 9.10. The number of fused-ring (bicyclic) bond motifs is 1. The molecule has 4 heterocycles. The summed E-state index contributed by atoms with van der Waals surface area (Å²) in [6.45, 7) is 7.00. The Morgan fingerprint density at radius 2 is 2.02 bits per heavy atom. The monoisotopic (exact) mass is 656 g/mol. The number of hydrogen-bond donors (Lipinski definition) is 1. The molecule has 5 rings (SSSR count). The molecule has 41 heavy (non-hydrogen) atoms. The van der Waals surface area contributed by atoms with E-state index in [0.717, 1.165) is 11.8 Å². The van der Waals surface area contributed by atoms with Crippen molar-refractivity contribution in [2.45, 2.75) is 50.1 Å². The van der Waals surface area contributed by atoms with E-state index in [0.29, 0.717) is 52.5 Å². The van der Waals surface area contributed by atoms with E-state index >= 15 is 0 Å². The lowest BCUT2D eigenvalue weighted by atomic mass is 9.95. The molecule has 3 aromatic heterocycles. The van der Waals surface area contributed by atoms with Gasteiger partial charge in [0.1, 0.15) is 11.5 Å². The zero-order valence-electron chi connectivity index (χ0n) is 22.7. The van der Waals surface area contributed by atoms with Crippen molar-refractivity contribution in [1.29, 1.82) is 0 Å². The molecule has 1 aliphatic heterocycles. The Morgan fingerprint density at radius 3 is 2.73 bits per heavy atom. The Labute approximate surface area is 250 Å². The molecule has 0 unspecified atom stereocenters. The number of allylic oxidation sites excluding steroid dienone is 1. The van der Waals surface area contributed by atoms with Gasteiger partial charge in [0.15, 0.2) is 15.1 Å². The molecule has 0 aliphatic carbocycles. The number of thiazole rings is 1.